The number of benzene rings is 3. The molecular formula is C40H75NO7. The molecule has 3 N–H and O–H groups in total. The summed E-state index contributed by atoms with van der Waals surface area (Å²) < 4.78 is 11.2. The molecule has 0 bridgehead atoms. The summed E-state index contributed by atoms with van der Waals surface area (Å²) in [5.41, 5.74) is -1.42. The second-order valence-electron chi connectivity index (χ2n) is 10.9. The SMILES string of the molecule is C.C.C.C.C.C.C.C.C.CCC(CC(C)(CC(C)(C)C(=O)OCc1c2ccccc2cc2ccccc12)C(=O)OCCO)C(=O)NCO. The summed E-state index contributed by atoms with van der Waals surface area (Å²) in [7, 11) is 0. The molecule has 0 spiro atoms. The molecule has 1 amide bonds. The average molecular weight is 682 g/mol. The van der Waals surface area contributed by atoms with Crippen molar-refractivity contribution in [1.82, 2.24) is 5.32 Å². The van der Waals surface area contributed by atoms with Gasteiger partial charge < -0.3 is 25.0 Å². The van der Waals surface area contributed by atoms with E-state index in [4.69, 9.17) is 14.6 Å². The minimum atomic E-state index is -1.22. The Bertz CT molecular complexity index is 1270. The Morgan fingerprint density at radius 2 is 1.23 bits per heavy atom. The largest absolute Gasteiger partial charge is 0.463 e. The number of ether oxygens (including phenoxy) is 2. The predicted octanol–water partition coefficient (Wildman–Crippen LogP) is 10.2. The Morgan fingerprint density at radius 1 is 0.750 bits per heavy atom. The summed E-state index contributed by atoms with van der Waals surface area (Å²) in [5, 5.41) is 24.8. The zero-order chi connectivity index (χ0) is 28.6. The summed E-state index contributed by atoms with van der Waals surface area (Å²) >= 11 is 0. The Hall–Kier alpha value is -3.49. The zero-order valence-electron chi connectivity index (χ0n) is 23.2. The number of hydrogen-bond donors (Lipinski definition) is 3. The number of fused-ring (bicyclic) bond motifs is 2. The van der Waals surface area contributed by atoms with Gasteiger partial charge in [0.1, 0.15) is 19.9 Å². The van der Waals surface area contributed by atoms with Crippen LogP contribution in [0.2, 0.25) is 0 Å². The normalized spacial score (nSPS) is 11.4. The third-order valence-corrected chi connectivity index (χ3v) is 7.25. The molecule has 48 heavy (non-hydrogen) atoms. The molecule has 0 aliphatic heterocycles. The fraction of sp³-hybridized carbons (Fsp3) is 0.575. The molecule has 0 fully saturated rings. The van der Waals surface area contributed by atoms with Crippen molar-refractivity contribution in [2.45, 2.75) is 120 Å². The van der Waals surface area contributed by atoms with Gasteiger partial charge in [0.25, 0.3) is 0 Å². The summed E-state index contributed by atoms with van der Waals surface area (Å²) in [5.74, 6) is -2.05. The highest BCUT2D eigenvalue weighted by Gasteiger charge is 2.46. The quantitative estimate of drug-likeness (QED) is 0.0932. The highest BCUT2D eigenvalue weighted by atomic mass is 16.5. The fourth-order valence-electron chi connectivity index (χ4n) is 5.37. The van der Waals surface area contributed by atoms with Gasteiger partial charge in [0.2, 0.25) is 5.91 Å². The van der Waals surface area contributed by atoms with Gasteiger partial charge in [0.05, 0.1) is 17.4 Å². The third kappa shape index (κ3) is 14.3. The van der Waals surface area contributed by atoms with E-state index in [-0.39, 0.29) is 105 Å². The van der Waals surface area contributed by atoms with Gasteiger partial charge in [-0.15, -0.1) is 0 Å². The predicted molar refractivity (Wildman–Crippen MR) is 210 cm³/mol. The van der Waals surface area contributed by atoms with Crippen molar-refractivity contribution >= 4 is 39.4 Å². The lowest BCUT2D eigenvalue weighted by Crippen LogP contribution is -2.42. The Balaban J connectivity index is -0.000000374. The number of carbonyl (C=O) groups is 3. The number of amides is 1. The van der Waals surface area contributed by atoms with E-state index in [1.54, 1.807) is 20.8 Å². The molecule has 0 heterocycles. The van der Waals surface area contributed by atoms with Crippen LogP contribution in [-0.4, -0.2) is 48.0 Å². The van der Waals surface area contributed by atoms with Crippen LogP contribution in [-0.2, 0) is 30.5 Å². The summed E-state index contributed by atoms with van der Waals surface area (Å²) in [4.78, 5) is 39.2. The number of rotatable bonds is 13. The van der Waals surface area contributed by atoms with Crippen molar-refractivity contribution in [3.8, 4) is 0 Å². The van der Waals surface area contributed by atoms with E-state index < -0.39 is 35.4 Å². The molecule has 282 valence electrons. The summed E-state index contributed by atoms with van der Waals surface area (Å²) in [6, 6.07) is 18.0. The van der Waals surface area contributed by atoms with E-state index in [2.05, 4.69) is 11.4 Å². The van der Waals surface area contributed by atoms with Crippen LogP contribution in [0.1, 0.15) is 119 Å². The molecule has 0 saturated heterocycles. The lowest BCUT2D eigenvalue weighted by molar-refractivity contribution is -0.165. The summed E-state index contributed by atoms with van der Waals surface area (Å²) in [6.07, 6.45) is 0.584. The van der Waals surface area contributed by atoms with Crippen LogP contribution in [0.3, 0.4) is 0 Å². The first kappa shape index (κ1) is 59.9. The molecule has 8 heteroatoms. The number of esters is 2. The van der Waals surface area contributed by atoms with Gasteiger partial charge in [-0.05, 0) is 67.6 Å². The maximum atomic E-state index is 13.5. The van der Waals surface area contributed by atoms with Gasteiger partial charge >= 0.3 is 11.9 Å². The minimum Gasteiger partial charge on any atom is -0.463 e. The molecule has 2 unspecified atom stereocenters. The molecule has 0 aliphatic rings. The molecule has 3 aromatic carbocycles. The van der Waals surface area contributed by atoms with Crippen LogP contribution < -0.4 is 5.32 Å². The van der Waals surface area contributed by atoms with Gasteiger partial charge in [0, 0.05) is 11.5 Å². The second-order valence-corrected chi connectivity index (χ2v) is 10.9. The fourth-order valence-corrected chi connectivity index (χ4v) is 5.37. The molecule has 3 aromatic rings. The average Bonchev–Trinajstić information content (AvgIpc) is 2.92. The van der Waals surface area contributed by atoms with Crippen molar-refractivity contribution in [1.29, 1.82) is 0 Å². The maximum absolute atomic E-state index is 13.5. The van der Waals surface area contributed by atoms with Crippen LogP contribution in [0.25, 0.3) is 21.5 Å². The number of nitrogens with one attached hydrogen (secondary N) is 1. The van der Waals surface area contributed by atoms with Crippen LogP contribution in [0.4, 0.5) is 0 Å². The monoisotopic (exact) mass is 682 g/mol. The number of aliphatic hydroxyl groups is 2. The van der Waals surface area contributed by atoms with Crippen LogP contribution >= 0.6 is 0 Å². The first-order valence-corrected chi connectivity index (χ1v) is 13.3. The second kappa shape index (κ2) is 26.5. The van der Waals surface area contributed by atoms with Crippen molar-refractivity contribution in [3.63, 3.8) is 0 Å². The molecule has 0 saturated carbocycles. The Labute approximate surface area is 295 Å². The smallest absolute Gasteiger partial charge is 0.311 e. The molecule has 2 atom stereocenters. The maximum Gasteiger partial charge on any atom is 0.311 e. The lowest BCUT2D eigenvalue weighted by atomic mass is 9.69. The van der Waals surface area contributed by atoms with E-state index >= 15 is 0 Å². The zero-order valence-corrected chi connectivity index (χ0v) is 23.2. The van der Waals surface area contributed by atoms with E-state index in [1.165, 1.54) is 0 Å². The molecular weight excluding hydrogens is 606 g/mol. The molecule has 0 aliphatic carbocycles. The first-order chi connectivity index (χ1) is 18.6. The minimum absolute atomic E-state index is 0. The van der Waals surface area contributed by atoms with Gasteiger partial charge in [-0.25, -0.2) is 0 Å². The number of aliphatic hydroxyl groups excluding tert-OH is 2. The molecule has 0 aromatic heterocycles. The molecule has 8 nitrogen and oxygen atoms in total. The van der Waals surface area contributed by atoms with Crippen LogP contribution in [0, 0.1) is 16.7 Å². The van der Waals surface area contributed by atoms with Gasteiger partial charge in [0.15, 0.2) is 0 Å². The lowest BCUT2D eigenvalue weighted by Gasteiger charge is -2.36. The van der Waals surface area contributed by atoms with E-state index in [9.17, 15) is 19.5 Å². The van der Waals surface area contributed by atoms with Crippen LogP contribution in [0.15, 0.2) is 54.6 Å². The van der Waals surface area contributed by atoms with Crippen molar-refractivity contribution in [2.75, 3.05) is 19.9 Å². The van der Waals surface area contributed by atoms with Gasteiger partial charge in [-0.3, -0.25) is 14.4 Å². The van der Waals surface area contributed by atoms with E-state index in [0.717, 1.165) is 27.1 Å². The van der Waals surface area contributed by atoms with Crippen molar-refractivity contribution in [3.05, 3.63) is 60.2 Å². The first-order valence-electron chi connectivity index (χ1n) is 13.3. The highest BCUT2D eigenvalue weighted by Crippen LogP contribution is 2.42. The third-order valence-electron chi connectivity index (χ3n) is 7.25. The Kier molecular flexibility index (Phi) is 33.0. The number of hydrogen-bond acceptors (Lipinski definition) is 7. The molecule has 3 rings (SSSR count). The molecule has 0 radical (unpaired) electrons. The number of carbonyl (C=O) groups excluding carboxylic acids is 3. The van der Waals surface area contributed by atoms with Gasteiger partial charge in [-0.2, -0.15) is 0 Å². The van der Waals surface area contributed by atoms with E-state index in [1.807, 2.05) is 55.5 Å². The van der Waals surface area contributed by atoms with E-state index in [0.29, 0.717) is 6.42 Å². The van der Waals surface area contributed by atoms with Crippen molar-refractivity contribution in [2.24, 2.45) is 16.7 Å². The summed E-state index contributed by atoms with van der Waals surface area (Å²) in [6.45, 7) is 5.92. The van der Waals surface area contributed by atoms with Crippen molar-refractivity contribution < 1.29 is 34.1 Å². The topological polar surface area (TPSA) is 122 Å². The highest BCUT2D eigenvalue weighted by molar-refractivity contribution is 6.02. The van der Waals surface area contributed by atoms with Crippen LogP contribution in [0.5, 0.6) is 0 Å². The Morgan fingerprint density at radius 3 is 1.67 bits per heavy atom. The van der Waals surface area contributed by atoms with Gasteiger partial charge in [-0.1, -0.05) is 122 Å². The standard InChI is InChI=1S/C31H39NO7.9CH4/c1-5-21(27(35)32-20-34)17-31(4,29(37)38-15-14-33)19-30(2,3)28(36)39-18-26-24-12-8-6-10-22(24)16-23-11-7-9-13-25(23)26;;;;;;;;;/h6-13,16,21,33-34H,5,14-15,17-20H2,1-4H3,(H,32,35);9*1H4.